The van der Waals surface area contributed by atoms with Gasteiger partial charge in [0.25, 0.3) is 0 Å². The van der Waals surface area contributed by atoms with Crippen LogP contribution < -0.4 is 4.90 Å². The Hall–Kier alpha value is -8.04. The summed E-state index contributed by atoms with van der Waals surface area (Å²) in [5.41, 5.74) is 15.4. The van der Waals surface area contributed by atoms with E-state index in [1.54, 1.807) is 0 Å². The first kappa shape index (κ1) is 37.7. The summed E-state index contributed by atoms with van der Waals surface area (Å²) in [5.74, 6) is 0. The van der Waals surface area contributed by atoms with Crippen LogP contribution in [-0.4, -0.2) is 0 Å². The summed E-state index contributed by atoms with van der Waals surface area (Å²) in [5, 5.41) is 7.61. The highest BCUT2D eigenvalue weighted by atomic mass is 32.1. The van der Waals surface area contributed by atoms with Crippen molar-refractivity contribution in [3.05, 3.63) is 249 Å². The third-order valence-corrected chi connectivity index (χ3v) is 13.8. The van der Waals surface area contributed by atoms with Crippen molar-refractivity contribution in [2.24, 2.45) is 0 Å². The maximum atomic E-state index is 2.44. The standard InChI is InChI=1S/C62H41NS/c1-3-21-50-44(15-1)17-12-27-51(50)46-35-33-42(34-36-46)43-37-39-48(40-38-43)63(59-30-9-7-25-56(59)57-29-14-32-61-62(57)58-26-8-10-31-60(58)64-61)49-20-11-19-47(41-49)53-23-5-6-24-54(53)55-28-13-18-45-16-2-4-22-52(45)55/h1-41H. The van der Waals surface area contributed by atoms with E-state index in [9.17, 15) is 0 Å². The van der Waals surface area contributed by atoms with Gasteiger partial charge < -0.3 is 4.90 Å². The molecule has 0 bridgehead atoms. The molecule has 11 aromatic carbocycles. The molecule has 0 unspecified atom stereocenters. The summed E-state index contributed by atoms with van der Waals surface area (Å²) in [6.07, 6.45) is 0. The van der Waals surface area contributed by atoms with Gasteiger partial charge in [0.1, 0.15) is 0 Å². The van der Waals surface area contributed by atoms with E-state index >= 15 is 0 Å². The van der Waals surface area contributed by atoms with Crippen LogP contribution in [0.1, 0.15) is 0 Å². The predicted molar refractivity (Wildman–Crippen MR) is 276 cm³/mol. The molecule has 64 heavy (non-hydrogen) atoms. The van der Waals surface area contributed by atoms with Crippen molar-refractivity contribution in [1.82, 2.24) is 0 Å². The first-order chi connectivity index (χ1) is 31.7. The lowest BCUT2D eigenvalue weighted by Crippen LogP contribution is -2.11. The normalized spacial score (nSPS) is 11.4. The van der Waals surface area contributed by atoms with Crippen molar-refractivity contribution in [1.29, 1.82) is 0 Å². The molecule has 0 aliphatic carbocycles. The van der Waals surface area contributed by atoms with Gasteiger partial charge in [-0.05, 0) is 114 Å². The molecule has 12 rings (SSSR count). The van der Waals surface area contributed by atoms with E-state index in [2.05, 4.69) is 254 Å². The Kier molecular flexibility index (Phi) is 9.43. The average molecular weight is 832 g/mol. The molecule has 0 amide bonds. The Balaban J connectivity index is 0.996. The van der Waals surface area contributed by atoms with Crippen LogP contribution in [0.5, 0.6) is 0 Å². The molecule has 0 aliphatic rings. The fraction of sp³-hybridized carbons (Fsp3) is 0. The van der Waals surface area contributed by atoms with Gasteiger partial charge in [-0.25, -0.2) is 0 Å². The van der Waals surface area contributed by atoms with Crippen LogP contribution in [0.25, 0.3) is 97.4 Å². The van der Waals surface area contributed by atoms with E-state index in [-0.39, 0.29) is 0 Å². The molecule has 0 atom stereocenters. The maximum Gasteiger partial charge on any atom is 0.0540 e. The number of hydrogen-bond acceptors (Lipinski definition) is 2. The van der Waals surface area contributed by atoms with Gasteiger partial charge in [0, 0.05) is 37.1 Å². The van der Waals surface area contributed by atoms with Crippen LogP contribution in [0, 0.1) is 0 Å². The predicted octanol–water partition coefficient (Wildman–Crippen LogP) is 18.2. The molecular formula is C62H41NS. The van der Waals surface area contributed by atoms with Crippen LogP contribution in [0.15, 0.2) is 249 Å². The molecule has 2 heteroatoms. The zero-order valence-corrected chi connectivity index (χ0v) is 35.8. The van der Waals surface area contributed by atoms with Gasteiger partial charge in [0.05, 0.1) is 5.69 Å². The molecule has 0 saturated carbocycles. The highest BCUT2D eigenvalue weighted by Crippen LogP contribution is 2.47. The van der Waals surface area contributed by atoms with Gasteiger partial charge >= 0.3 is 0 Å². The van der Waals surface area contributed by atoms with Crippen molar-refractivity contribution in [3.63, 3.8) is 0 Å². The quantitative estimate of drug-likeness (QED) is 0.147. The number of fused-ring (bicyclic) bond motifs is 5. The van der Waals surface area contributed by atoms with Crippen molar-refractivity contribution in [2.45, 2.75) is 0 Å². The first-order valence-corrected chi connectivity index (χ1v) is 22.7. The zero-order chi connectivity index (χ0) is 42.4. The molecule has 0 fully saturated rings. The summed E-state index contributed by atoms with van der Waals surface area (Å²) < 4.78 is 2.60. The van der Waals surface area contributed by atoms with Gasteiger partial charge in [-0.15, -0.1) is 11.3 Å². The van der Waals surface area contributed by atoms with Crippen LogP contribution in [0.3, 0.4) is 0 Å². The van der Waals surface area contributed by atoms with Gasteiger partial charge in [-0.3, -0.25) is 0 Å². The first-order valence-electron chi connectivity index (χ1n) is 21.9. The average Bonchev–Trinajstić information content (AvgIpc) is 3.76. The van der Waals surface area contributed by atoms with Gasteiger partial charge in [-0.1, -0.05) is 206 Å². The lowest BCUT2D eigenvalue weighted by molar-refractivity contribution is 1.28. The number of nitrogens with zero attached hydrogens (tertiary/aromatic N) is 1. The molecule has 1 aromatic heterocycles. The van der Waals surface area contributed by atoms with E-state index in [4.69, 9.17) is 0 Å². The second-order valence-corrected chi connectivity index (χ2v) is 17.5. The van der Waals surface area contributed by atoms with E-state index in [0.29, 0.717) is 0 Å². The molecule has 12 aromatic rings. The smallest absolute Gasteiger partial charge is 0.0540 e. The minimum Gasteiger partial charge on any atom is -0.310 e. The summed E-state index contributed by atoms with van der Waals surface area (Å²) in [7, 11) is 0. The number of para-hydroxylation sites is 1. The monoisotopic (exact) mass is 831 g/mol. The highest BCUT2D eigenvalue weighted by molar-refractivity contribution is 7.25. The van der Waals surface area contributed by atoms with Crippen molar-refractivity contribution < 1.29 is 0 Å². The van der Waals surface area contributed by atoms with Gasteiger partial charge in [0.15, 0.2) is 0 Å². The third kappa shape index (κ3) is 6.64. The van der Waals surface area contributed by atoms with E-state index in [0.717, 1.165) is 22.6 Å². The molecule has 0 N–H and O–H groups in total. The second-order valence-electron chi connectivity index (χ2n) is 16.4. The van der Waals surface area contributed by atoms with Crippen LogP contribution in [-0.2, 0) is 0 Å². The van der Waals surface area contributed by atoms with Crippen molar-refractivity contribution in [2.75, 3.05) is 4.90 Å². The van der Waals surface area contributed by atoms with Gasteiger partial charge in [0.2, 0.25) is 0 Å². The second kappa shape index (κ2) is 16.0. The fourth-order valence-electron chi connectivity index (χ4n) is 9.69. The van der Waals surface area contributed by atoms with E-state index in [1.807, 2.05) is 11.3 Å². The lowest BCUT2D eigenvalue weighted by atomic mass is 9.91. The number of benzene rings is 11. The summed E-state index contributed by atoms with van der Waals surface area (Å²) in [4.78, 5) is 2.44. The fourth-order valence-corrected chi connectivity index (χ4v) is 10.8. The number of hydrogen-bond donors (Lipinski definition) is 0. The Morgan fingerprint density at radius 2 is 0.766 bits per heavy atom. The molecule has 0 saturated heterocycles. The minimum atomic E-state index is 1.09. The summed E-state index contributed by atoms with van der Waals surface area (Å²) in [6.45, 7) is 0. The Bertz CT molecular complexity index is 3660. The maximum absolute atomic E-state index is 2.44. The molecule has 1 nitrogen and oxygen atoms in total. The Morgan fingerprint density at radius 1 is 0.266 bits per heavy atom. The largest absolute Gasteiger partial charge is 0.310 e. The van der Waals surface area contributed by atoms with Gasteiger partial charge in [-0.2, -0.15) is 0 Å². The topological polar surface area (TPSA) is 3.24 Å². The highest BCUT2D eigenvalue weighted by Gasteiger charge is 2.21. The SMILES string of the molecule is c1cc(-c2ccccc2-c2cccc3ccccc23)cc(N(c2ccc(-c3ccc(-c4cccc5ccccc45)cc3)cc2)c2ccccc2-c2cccc3sc4ccccc4c23)c1. The summed E-state index contributed by atoms with van der Waals surface area (Å²) >= 11 is 1.86. The molecule has 0 spiro atoms. The number of rotatable bonds is 8. The molecule has 0 radical (unpaired) electrons. The molecule has 0 aliphatic heterocycles. The number of thiophene rings is 1. The molecule has 300 valence electrons. The van der Waals surface area contributed by atoms with Crippen LogP contribution in [0.2, 0.25) is 0 Å². The Labute approximate surface area is 377 Å². The van der Waals surface area contributed by atoms with Crippen molar-refractivity contribution >= 4 is 70.1 Å². The van der Waals surface area contributed by atoms with E-state index in [1.165, 1.54) is 91.8 Å². The zero-order valence-electron chi connectivity index (χ0n) is 35.0. The van der Waals surface area contributed by atoms with E-state index < -0.39 is 0 Å². The van der Waals surface area contributed by atoms with Crippen LogP contribution in [0.4, 0.5) is 17.1 Å². The van der Waals surface area contributed by atoms with Crippen molar-refractivity contribution in [3.8, 4) is 55.6 Å². The minimum absolute atomic E-state index is 1.09. The molecular weight excluding hydrogens is 791 g/mol. The Morgan fingerprint density at radius 3 is 1.53 bits per heavy atom. The third-order valence-electron chi connectivity index (χ3n) is 12.7. The summed E-state index contributed by atoms with van der Waals surface area (Å²) in [6, 6.07) is 90.9. The number of anilines is 3. The van der Waals surface area contributed by atoms with Crippen LogP contribution >= 0.6 is 11.3 Å². The lowest BCUT2D eigenvalue weighted by Gasteiger charge is -2.29. The molecule has 1 heterocycles.